The molecule has 0 unspecified atom stereocenters. The summed E-state index contributed by atoms with van der Waals surface area (Å²) in [5.41, 5.74) is 1.01. The van der Waals surface area contributed by atoms with Crippen LogP contribution in [0.25, 0.3) is 0 Å². The molecule has 13 heavy (non-hydrogen) atoms. The minimum Gasteiger partial charge on any atom is -0.303 e. The van der Waals surface area contributed by atoms with Gasteiger partial charge in [-0.25, -0.2) is 0 Å². The molecule has 0 N–H and O–H groups in total. The molecule has 0 bridgehead atoms. The summed E-state index contributed by atoms with van der Waals surface area (Å²) in [6.45, 7) is 0. The quantitative estimate of drug-likeness (QED) is 0.691. The second-order valence-electron chi connectivity index (χ2n) is 3.29. The summed E-state index contributed by atoms with van der Waals surface area (Å²) in [7, 11) is 0. The minimum absolute atomic E-state index is 0.149. The third-order valence-electron chi connectivity index (χ3n) is 2.40. The molecule has 1 fully saturated rings. The van der Waals surface area contributed by atoms with E-state index in [0.717, 1.165) is 18.3 Å². The average Bonchev–Trinajstić information content (AvgIpc) is 2.89. The van der Waals surface area contributed by atoms with Crippen LogP contribution < -0.4 is 0 Å². The Hall–Kier alpha value is -0.530. The lowest BCUT2D eigenvalue weighted by atomic mass is 10.1. The highest BCUT2D eigenvalue weighted by Crippen LogP contribution is 2.49. The van der Waals surface area contributed by atoms with Gasteiger partial charge < -0.3 is 4.79 Å². The zero-order chi connectivity index (χ0) is 9.42. The van der Waals surface area contributed by atoms with Crippen LogP contribution in [0.2, 0.25) is 10.0 Å². The number of carbonyl (C=O) groups is 1. The Kier molecular flexibility index (Phi) is 2.31. The summed E-state index contributed by atoms with van der Waals surface area (Å²) in [6.07, 6.45) is 1.89. The Bertz CT molecular complexity index is 349. The summed E-state index contributed by atoms with van der Waals surface area (Å²) < 4.78 is 0. The van der Waals surface area contributed by atoms with Gasteiger partial charge in [0.2, 0.25) is 0 Å². The van der Waals surface area contributed by atoms with Gasteiger partial charge in [0, 0.05) is 5.92 Å². The van der Waals surface area contributed by atoms with Gasteiger partial charge in [0.15, 0.2) is 0 Å². The van der Waals surface area contributed by atoms with Crippen molar-refractivity contribution in [2.75, 3.05) is 0 Å². The van der Waals surface area contributed by atoms with Crippen LogP contribution in [0.4, 0.5) is 0 Å². The zero-order valence-corrected chi connectivity index (χ0v) is 8.35. The molecule has 1 aliphatic carbocycles. The second kappa shape index (κ2) is 3.32. The molecular formula is C10H8Cl2O. The van der Waals surface area contributed by atoms with Crippen molar-refractivity contribution in [3.05, 3.63) is 33.8 Å². The average molecular weight is 215 g/mol. The fourth-order valence-corrected chi connectivity index (χ4v) is 1.98. The minimum atomic E-state index is 0.149. The van der Waals surface area contributed by atoms with E-state index in [0.29, 0.717) is 16.0 Å². The van der Waals surface area contributed by atoms with Crippen LogP contribution in [0, 0.1) is 5.92 Å². The fraction of sp³-hybridized carbons (Fsp3) is 0.300. The molecule has 0 aromatic heterocycles. The van der Waals surface area contributed by atoms with Gasteiger partial charge in [0.1, 0.15) is 6.29 Å². The fourth-order valence-electron chi connectivity index (χ4n) is 1.53. The first kappa shape index (κ1) is 9.04. The van der Waals surface area contributed by atoms with E-state index < -0.39 is 0 Å². The summed E-state index contributed by atoms with van der Waals surface area (Å²) in [6, 6.07) is 5.55. The first-order chi connectivity index (χ1) is 6.24. The van der Waals surface area contributed by atoms with E-state index in [-0.39, 0.29) is 5.92 Å². The maximum atomic E-state index is 10.5. The van der Waals surface area contributed by atoms with E-state index in [1.54, 1.807) is 6.07 Å². The van der Waals surface area contributed by atoms with Crippen molar-refractivity contribution in [2.24, 2.45) is 5.92 Å². The molecule has 0 heterocycles. The number of carbonyl (C=O) groups excluding carboxylic acids is 1. The molecular weight excluding hydrogens is 207 g/mol. The third-order valence-corrected chi connectivity index (χ3v) is 3.23. The predicted molar refractivity (Wildman–Crippen MR) is 53.4 cm³/mol. The largest absolute Gasteiger partial charge is 0.303 e. The van der Waals surface area contributed by atoms with Crippen LogP contribution in [0.5, 0.6) is 0 Å². The van der Waals surface area contributed by atoms with Crippen molar-refractivity contribution in [1.82, 2.24) is 0 Å². The standard InChI is InChI=1S/C10H8Cl2O/c11-9-3-1-2-7(10(9)12)8-4-6(8)5-13/h1-3,5-6,8H,4H2/t6-,8+/m1/s1. The molecule has 1 saturated carbocycles. The van der Waals surface area contributed by atoms with Crippen LogP contribution in [-0.4, -0.2) is 6.29 Å². The Morgan fingerprint density at radius 1 is 1.38 bits per heavy atom. The van der Waals surface area contributed by atoms with Crippen LogP contribution >= 0.6 is 23.2 Å². The molecule has 1 aromatic carbocycles. The lowest BCUT2D eigenvalue weighted by Gasteiger charge is -2.02. The normalized spacial score (nSPS) is 25.7. The maximum absolute atomic E-state index is 10.5. The number of hydrogen-bond acceptors (Lipinski definition) is 1. The molecule has 68 valence electrons. The Labute approximate surface area is 86.7 Å². The van der Waals surface area contributed by atoms with Crippen LogP contribution in [0.15, 0.2) is 18.2 Å². The molecule has 3 heteroatoms. The Morgan fingerprint density at radius 3 is 2.77 bits per heavy atom. The lowest BCUT2D eigenvalue weighted by Crippen LogP contribution is -1.86. The first-order valence-electron chi connectivity index (χ1n) is 4.13. The van der Waals surface area contributed by atoms with Crippen molar-refractivity contribution >= 4 is 29.5 Å². The monoisotopic (exact) mass is 214 g/mol. The third kappa shape index (κ3) is 1.59. The lowest BCUT2D eigenvalue weighted by molar-refractivity contribution is -0.108. The van der Waals surface area contributed by atoms with E-state index in [9.17, 15) is 4.79 Å². The number of hydrogen-bond donors (Lipinski definition) is 0. The molecule has 1 nitrogen and oxygen atoms in total. The molecule has 0 spiro atoms. The highest BCUT2D eigenvalue weighted by Gasteiger charge is 2.39. The van der Waals surface area contributed by atoms with Crippen molar-refractivity contribution in [3.8, 4) is 0 Å². The zero-order valence-electron chi connectivity index (χ0n) is 6.84. The van der Waals surface area contributed by atoms with Gasteiger partial charge in [-0.05, 0) is 24.0 Å². The number of rotatable bonds is 2. The molecule has 1 aliphatic rings. The molecule has 0 aliphatic heterocycles. The SMILES string of the molecule is O=C[C@H]1C[C@@H]1c1cccc(Cl)c1Cl. The van der Waals surface area contributed by atoms with Gasteiger partial charge in [-0.3, -0.25) is 0 Å². The van der Waals surface area contributed by atoms with Gasteiger partial charge in [0.25, 0.3) is 0 Å². The van der Waals surface area contributed by atoms with Crippen LogP contribution in [-0.2, 0) is 4.79 Å². The van der Waals surface area contributed by atoms with E-state index in [1.807, 2.05) is 12.1 Å². The molecule has 2 atom stereocenters. The van der Waals surface area contributed by atoms with Crippen molar-refractivity contribution in [2.45, 2.75) is 12.3 Å². The van der Waals surface area contributed by atoms with E-state index in [4.69, 9.17) is 23.2 Å². The predicted octanol–water partition coefficient (Wildman–Crippen LogP) is 3.30. The number of halogens is 2. The van der Waals surface area contributed by atoms with E-state index in [1.165, 1.54) is 0 Å². The van der Waals surface area contributed by atoms with Gasteiger partial charge in [-0.1, -0.05) is 35.3 Å². The van der Waals surface area contributed by atoms with Gasteiger partial charge >= 0.3 is 0 Å². The highest BCUT2D eigenvalue weighted by molar-refractivity contribution is 6.42. The van der Waals surface area contributed by atoms with Gasteiger partial charge in [-0.2, -0.15) is 0 Å². The molecule has 0 radical (unpaired) electrons. The molecule has 1 aromatic rings. The smallest absolute Gasteiger partial charge is 0.123 e. The number of benzene rings is 1. The number of aldehydes is 1. The van der Waals surface area contributed by atoms with E-state index in [2.05, 4.69) is 0 Å². The molecule has 0 amide bonds. The summed E-state index contributed by atoms with van der Waals surface area (Å²) in [5, 5.41) is 1.16. The van der Waals surface area contributed by atoms with Crippen molar-refractivity contribution < 1.29 is 4.79 Å². The van der Waals surface area contributed by atoms with Crippen LogP contribution in [0.1, 0.15) is 17.9 Å². The van der Waals surface area contributed by atoms with E-state index >= 15 is 0 Å². The Balaban J connectivity index is 2.31. The van der Waals surface area contributed by atoms with Gasteiger partial charge in [0.05, 0.1) is 10.0 Å². The first-order valence-corrected chi connectivity index (χ1v) is 4.89. The summed E-state index contributed by atoms with van der Waals surface area (Å²) in [5.74, 6) is 0.444. The maximum Gasteiger partial charge on any atom is 0.123 e. The topological polar surface area (TPSA) is 17.1 Å². The summed E-state index contributed by atoms with van der Waals surface area (Å²) in [4.78, 5) is 10.5. The summed E-state index contributed by atoms with van der Waals surface area (Å²) >= 11 is 11.9. The van der Waals surface area contributed by atoms with Crippen molar-refractivity contribution in [1.29, 1.82) is 0 Å². The van der Waals surface area contributed by atoms with Crippen molar-refractivity contribution in [3.63, 3.8) is 0 Å². The van der Waals surface area contributed by atoms with Gasteiger partial charge in [-0.15, -0.1) is 0 Å². The Morgan fingerprint density at radius 2 is 2.15 bits per heavy atom. The molecule has 2 rings (SSSR count). The van der Waals surface area contributed by atoms with Crippen LogP contribution in [0.3, 0.4) is 0 Å². The molecule has 0 saturated heterocycles. The second-order valence-corrected chi connectivity index (χ2v) is 4.07. The highest BCUT2D eigenvalue weighted by atomic mass is 35.5.